The molecule has 0 amide bonds. The number of hydrogen-bond acceptors (Lipinski definition) is 1. The third kappa shape index (κ3) is 3.53. The van der Waals surface area contributed by atoms with Crippen molar-refractivity contribution < 1.29 is 0 Å². The number of nitrogens with two attached hydrogens (primary N) is 1. The molecule has 0 saturated heterocycles. The van der Waals surface area contributed by atoms with E-state index < -0.39 is 0 Å². The van der Waals surface area contributed by atoms with Crippen LogP contribution in [0.1, 0.15) is 20.3 Å². The van der Waals surface area contributed by atoms with Crippen molar-refractivity contribution in [1.29, 1.82) is 0 Å². The number of allylic oxidation sites excluding steroid dienone is 1. The molecule has 0 spiro atoms. The Bertz CT molecular complexity index is 64.6. The lowest BCUT2D eigenvalue weighted by molar-refractivity contribution is 1.09. The van der Waals surface area contributed by atoms with Gasteiger partial charge in [0.15, 0.2) is 0 Å². The van der Waals surface area contributed by atoms with Gasteiger partial charge in [-0.15, -0.1) is 0 Å². The lowest BCUT2D eigenvalue weighted by atomic mass is 10.2. The molecule has 42 valence electrons. The highest BCUT2D eigenvalue weighted by molar-refractivity contribution is 4.97. The normalized spacial score (nSPS) is 12.1. The summed E-state index contributed by atoms with van der Waals surface area (Å²) < 4.78 is 0. The molecule has 0 aliphatic heterocycles. The Morgan fingerprint density at radius 1 is 1.71 bits per heavy atom. The van der Waals surface area contributed by atoms with E-state index in [0.29, 0.717) is 6.54 Å². The summed E-state index contributed by atoms with van der Waals surface area (Å²) in [6.07, 6.45) is 3.24. The Kier molecular flexibility index (Phi) is 3.71. The predicted molar refractivity (Wildman–Crippen MR) is 33.1 cm³/mol. The van der Waals surface area contributed by atoms with Crippen LogP contribution in [0, 0.1) is 0 Å². The fourth-order valence-corrected chi connectivity index (χ4v) is 0.432. The van der Waals surface area contributed by atoms with E-state index in [2.05, 4.69) is 13.0 Å². The van der Waals surface area contributed by atoms with Crippen molar-refractivity contribution in [3.8, 4) is 0 Å². The second-order valence-electron chi connectivity index (χ2n) is 1.66. The van der Waals surface area contributed by atoms with Crippen molar-refractivity contribution in [2.24, 2.45) is 5.73 Å². The topological polar surface area (TPSA) is 26.0 Å². The van der Waals surface area contributed by atoms with Gasteiger partial charge in [-0.2, -0.15) is 0 Å². The SMILES string of the molecule is CC/C=C(/C)CN. The maximum atomic E-state index is 5.29. The summed E-state index contributed by atoms with van der Waals surface area (Å²) >= 11 is 0. The van der Waals surface area contributed by atoms with Crippen LogP contribution >= 0.6 is 0 Å². The van der Waals surface area contributed by atoms with Crippen molar-refractivity contribution in [2.45, 2.75) is 20.3 Å². The summed E-state index contributed by atoms with van der Waals surface area (Å²) in [4.78, 5) is 0. The van der Waals surface area contributed by atoms with Gasteiger partial charge in [0.25, 0.3) is 0 Å². The van der Waals surface area contributed by atoms with E-state index in [-0.39, 0.29) is 0 Å². The molecule has 1 heteroatoms. The summed E-state index contributed by atoms with van der Waals surface area (Å²) in [5.41, 5.74) is 6.57. The fraction of sp³-hybridized carbons (Fsp3) is 0.667. The molecule has 0 aromatic heterocycles. The molecule has 0 rings (SSSR count). The van der Waals surface area contributed by atoms with Gasteiger partial charge in [-0.3, -0.25) is 0 Å². The van der Waals surface area contributed by atoms with Crippen molar-refractivity contribution in [1.82, 2.24) is 0 Å². The summed E-state index contributed by atoms with van der Waals surface area (Å²) in [7, 11) is 0. The van der Waals surface area contributed by atoms with Crippen molar-refractivity contribution in [2.75, 3.05) is 6.54 Å². The minimum atomic E-state index is 0.702. The van der Waals surface area contributed by atoms with Gasteiger partial charge >= 0.3 is 0 Å². The Labute approximate surface area is 45.2 Å². The third-order valence-corrected chi connectivity index (χ3v) is 0.875. The summed E-state index contributed by atoms with van der Waals surface area (Å²) in [5.74, 6) is 0. The van der Waals surface area contributed by atoms with Crippen LogP contribution in [-0.4, -0.2) is 6.54 Å². The highest BCUT2D eigenvalue weighted by Crippen LogP contribution is 1.89. The first-order valence-corrected chi connectivity index (χ1v) is 2.67. The zero-order chi connectivity index (χ0) is 5.70. The molecule has 0 saturated carbocycles. The van der Waals surface area contributed by atoms with Gasteiger partial charge < -0.3 is 5.73 Å². The third-order valence-electron chi connectivity index (χ3n) is 0.875. The van der Waals surface area contributed by atoms with E-state index in [1.54, 1.807) is 0 Å². The molecular weight excluding hydrogens is 86.1 g/mol. The molecule has 0 unspecified atom stereocenters. The Morgan fingerprint density at radius 2 is 2.29 bits per heavy atom. The van der Waals surface area contributed by atoms with E-state index in [0.717, 1.165) is 6.42 Å². The second-order valence-corrected chi connectivity index (χ2v) is 1.66. The minimum absolute atomic E-state index is 0.702. The van der Waals surface area contributed by atoms with Crippen LogP contribution in [0.3, 0.4) is 0 Å². The predicted octanol–water partition coefficient (Wildman–Crippen LogP) is 1.30. The number of hydrogen-bond donors (Lipinski definition) is 1. The lowest BCUT2D eigenvalue weighted by Gasteiger charge is -1.88. The van der Waals surface area contributed by atoms with E-state index in [1.165, 1.54) is 5.57 Å². The minimum Gasteiger partial charge on any atom is -0.327 e. The van der Waals surface area contributed by atoms with Crippen LogP contribution in [0.5, 0.6) is 0 Å². The average molecular weight is 99.2 g/mol. The van der Waals surface area contributed by atoms with E-state index in [1.807, 2.05) is 6.92 Å². The molecule has 0 heterocycles. The van der Waals surface area contributed by atoms with Crippen molar-refractivity contribution in [3.05, 3.63) is 11.6 Å². The van der Waals surface area contributed by atoms with Gasteiger partial charge in [0, 0.05) is 6.54 Å². The van der Waals surface area contributed by atoms with Crippen molar-refractivity contribution in [3.63, 3.8) is 0 Å². The zero-order valence-corrected chi connectivity index (χ0v) is 5.07. The smallest absolute Gasteiger partial charge is 0.0134 e. The van der Waals surface area contributed by atoms with Crippen LogP contribution in [0.2, 0.25) is 0 Å². The molecule has 0 fully saturated rings. The number of rotatable bonds is 2. The second kappa shape index (κ2) is 3.88. The zero-order valence-electron chi connectivity index (χ0n) is 5.07. The molecule has 0 aliphatic carbocycles. The molecule has 0 radical (unpaired) electrons. The Hall–Kier alpha value is -0.300. The fourth-order valence-electron chi connectivity index (χ4n) is 0.432. The lowest BCUT2D eigenvalue weighted by Crippen LogP contribution is -1.98. The van der Waals surface area contributed by atoms with E-state index in [4.69, 9.17) is 5.73 Å². The van der Waals surface area contributed by atoms with Crippen LogP contribution in [0.25, 0.3) is 0 Å². The molecule has 0 aromatic carbocycles. The average Bonchev–Trinajstić information content (AvgIpc) is 1.68. The van der Waals surface area contributed by atoms with Gasteiger partial charge in [0.2, 0.25) is 0 Å². The van der Waals surface area contributed by atoms with Crippen molar-refractivity contribution >= 4 is 0 Å². The first-order chi connectivity index (χ1) is 3.31. The Balaban J connectivity index is 3.29. The highest BCUT2D eigenvalue weighted by Gasteiger charge is 1.76. The van der Waals surface area contributed by atoms with Crippen LogP contribution in [-0.2, 0) is 0 Å². The quantitative estimate of drug-likeness (QED) is 0.519. The Morgan fingerprint density at radius 3 is 2.43 bits per heavy atom. The molecule has 2 N–H and O–H groups in total. The molecule has 0 atom stereocenters. The maximum absolute atomic E-state index is 5.29. The summed E-state index contributed by atoms with van der Waals surface area (Å²) in [6, 6.07) is 0. The van der Waals surface area contributed by atoms with Gasteiger partial charge in [0.1, 0.15) is 0 Å². The monoisotopic (exact) mass is 99.1 g/mol. The van der Waals surface area contributed by atoms with Crippen LogP contribution < -0.4 is 5.73 Å². The van der Waals surface area contributed by atoms with Crippen LogP contribution in [0.4, 0.5) is 0 Å². The van der Waals surface area contributed by atoms with E-state index in [9.17, 15) is 0 Å². The summed E-state index contributed by atoms with van der Waals surface area (Å²) in [5, 5.41) is 0. The molecule has 0 aromatic rings. The van der Waals surface area contributed by atoms with Gasteiger partial charge in [0.05, 0.1) is 0 Å². The van der Waals surface area contributed by atoms with Crippen LogP contribution in [0.15, 0.2) is 11.6 Å². The largest absolute Gasteiger partial charge is 0.327 e. The first-order valence-electron chi connectivity index (χ1n) is 2.67. The summed E-state index contributed by atoms with van der Waals surface area (Å²) in [6.45, 7) is 4.86. The first kappa shape index (κ1) is 6.70. The molecular formula is C6H13N. The van der Waals surface area contributed by atoms with Gasteiger partial charge in [-0.25, -0.2) is 0 Å². The maximum Gasteiger partial charge on any atom is 0.0134 e. The molecule has 0 aliphatic rings. The van der Waals surface area contributed by atoms with Gasteiger partial charge in [-0.1, -0.05) is 18.6 Å². The van der Waals surface area contributed by atoms with Gasteiger partial charge in [-0.05, 0) is 13.3 Å². The molecule has 1 nitrogen and oxygen atoms in total. The van der Waals surface area contributed by atoms with E-state index >= 15 is 0 Å². The molecule has 7 heavy (non-hydrogen) atoms. The highest BCUT2D eigenvalue weighted by atomic mass is 14.5. The molecule has 0 bridgehead atoms. The standard InChI is InChI=1S/C6H13N/c1-3-4-6(2)5-7/h4H,3,5,7H2,1-2H3/b6-4-.